The minimum atomic E-state index is 0.562. The van der Waals surface area contributed by atoms with Crippen LogP contribution in [0, 0.1) is 5.92 Å². The zero-order chi connectivity index (χ0) is 15.2. The van der Waals surface area contributed by atoms with Gasteiger partial charge in [-0.25, -0.2) is 0 Å². The van der Waals surface area contributed by atoms with Crippen molar-refractivity contribution in [3.63, 3.8) is 0 Å². The summed E-state index contributed by atoms with van der Waals surface area (Å²) >= 11 is 0. The van der Waals surface area contributed by atoms with Crippen LogP contribution in [0.15, 0.2) is 48.5 Å². The molecule has 0 amide bonds. The normalized spacial score (nSPS) is 11.1. The Bertz CT molecular complexity index is 588. The van der Waals surface area contributed by atoms with Crippen molar-refractivity contribution in [2.24, 2.45) is 5.92 Å². The van der Waals surface area contributed by atoms with E-state index < -0.39 is 0 Å². The van der Waals surface area contributed by atoms with Crippen LogP contribution in [0.3, 0.4) is 0 Å². The minimum absolute atomic E-state index is 0.562. The lowest BCUT2D eigenvalue weighted by molar-refractivity contribution is 0.394. The molecule has 0 saturated heterocycles. The van der Waals surface area contributed by atoms with Crippen LogP contribution in [0.1, 0.15) is 19.4 Å². The van der Waals surface area contributed by atoms with Gasteiger partial charge in [0.25, 0.3) is 0 Å². The van der Waals surface area contributed by atoms with Crippen molar-refractivity contribution in [3.8, 4) is 22.6 Å². The fourth-order valence-corrected chi connectivity index (χ4v) is 2.06. The molecule has 2 rings (SSSR count). The van der Waals surface area contributed by atoms with E-state index in [1.54, 1.807) is 14.2 Å². The van der Waals surface area contributed by atoms with Crippen molar-refractivity contribution in [3.05, 3.63) is 54.1 Å². The highest BCUT2D eigenvalue weighted by Gasteiger charge is 2.04. The van der Waals surface area contributed by atoms with E-state index in [1.165, 1.54) is 5.56 Å². The molecule has 0 radical (unpaired) electrons. The first-order valence-corrected chi connectivity index (χ1v) is 7.14. The molecule has 0 heterocycles. The van der Waals surface area contributed by atoms with Crippen LogP contribution in [-0.2, 0) is 0 Å². The fraction of sp³-hybridized carbons (Fsp3) is 0.263. The van der Waals surface area contributed by atoms with Gasteiger partial charge >= 0.3 is 0 Å². The molecule has 2 aromatic rings. The van der Waals surface area contributed by atoms with Crippen molar-refractivity contribution in [1.82, 2.24) is 0 Å². The van der Waals surface area contributed by atoms with Gasteiger partial charge in [0.15, 0.2) is 0 Å². The van der Waals surface area contributed by atoms with Crippen molar-refractivity contribution in [2.45, 2.75) is 13.8 Å². The van der Waals surface area contributed by atoms with Crippen LogP contribution in [0.25, 0.3) is 17.2 Å². The zero-order valence-electron chi connectivity index (χ0n) is 13.1. The summed E-state index contributed by atoms with van der Waals surface area (Å²) < 4.78 is 10.6. The largest absolute Gasteiger partial charge is 0.497 e. The average molecular weight is 282 g/mol. The number of allylic oxidation sites excluding steroid dienone is 1. The first-order chi connectivity index (χ1) is 10.1. The monoisotopic (exact) mass is 282 g/mol. The van der Waals surface area contributed by atoms with Gasteiger partial charge in [-0.15, -0.1) is 0 Å². The molecule has 0 aliphatic heterocycles. The van der Waals surface area contributed by atoms with Gasteiger partial charge in [0, 0.05) is 6.07 Å². The van der Waals surface area contributed by atoms with E-state index in [4.69, 9.17) is 9.47 Å². The molecule has 110 valence electrons. The average Bonchev–Trinajstić information content (AvgIpc) is 2.52. The zero-order valence-corrected chi connectivity index (χ0v) is 13.1. The molecule has 2 nitrogen and oxygen atoms in total. The highest BCUT2D eigenvalue weighted by Crippen LogP contribution is 2.30. The third-order valence-corrected chi connectivity index (χ3v) is 3.27. The molecule has 0 aliphatic carbocycles. The second kappa shape index (κ2) is 6.98. The molecule has 0 spiro atoms. The van der Waals surface area contributed by atoms with Gasteiger partial charge in [-0.1, -0.05) is 50.3 Å². The Kier molecular flexibility index (Phi) is 5.04. The molecular formula is C19H22O2. The van der Waals surface area contributed by atoms with Crippen LogP contribution < -0.4 is 9.47 Å². The molecule has 2 heteroatoms. The predicted octanol–water partition coefficient (Wildman–Crippen LogP) is 5.04. The molecule has 0 aromatic heterocycles. The Labute approximate surface area is 127 Å². The van der Waals surface area contributed by atoms with E-state index in [2.05, 4.69) is 50.3 Å². The highest BCUT2D eigenvalue weighted by atomic mass is 16.5. The van der Waals surface area contributed by atoms with E-state index in [1.807, 2.05) is 18.2 Å². The van der Waals surface area contributed by atoms with Crippen molar-refractivity contribution < 1.29 is 9.47 Å². The Morgan fingerprint density at radius 3 is 1.86 bits per heavy atom. The highest BCUT2D eigenvalue weighted by molar-refractivity contribution is 5.68. The van der Waals surface area contributed by atoms with Crippen LogP contribution >= 0.6 is 0 Å². The number of methoxy groups -OCH3 is 2. The van der Waals surface area contributed by atoms with Gasteiger partial charge in [-0.05, 0) is 34.7 Å². The predicted molar refractivity (Wildman–Crippen MR) is 88.9 cm³/mol. The molecule has 2 aromatic carbocycles. The molecule has 0 atom stereocenters. The second-order valence-corrected chi connectivity index (χ2v) is 5.33. The Balaban J connectivity index is 2.30. The molecule has 0 unspecified atom stereocenters. The third-order valence-electron chi connectivity index (χ3n) is 3.27. The Morgan fingerprint density at radius 1 is 0.810 bits per heavy atom. The van der Waals surface area contributed by atoms with Crippen molar-refractivity contribution in [1.29, 1.82) is 0 Å². The first kappa shape index (κ1) is 15.2. The standard InChI is InChI=1S/C19H22O2/c1-14(2)5-6-15-7-9-16(10-8-15)17-11-18(20-3)13-19(12-17)21-4/h5-14H,1-4H3/b6-5+. The minimum Gasteiger partial charge on any atom is -0.497 e. The number of hydrogen-bond acceptors (Lipinski definition) is 2. The van der Waals surface area contributed by atoms with E-state index >= 15 is 0 Å². The molecule has 0 fully saturated rings. The van der Waals surface area contributed by atoms with Crippen LogP contribution in [0.5, 0.6) is 11.5 Å². The number of rotatable bonds is 5. The topological polar surface area (TPSA) is 18.5 Å². The fourth-order valence-electron chi connectivity index (χ4n) is 2.06. The number of ether oxygens (including phenoxy) is 2. The summed E-state index contributed by atoms with van der Waals surface area (Å²) in [7, 11) is 3.33. The summed E-state index contributed by atoms with van der Waals surface area (Å²) in [6, 6.07) is 14.4. The van der Waals surface area contributed by atoms with Gasteiger partial charge in [-0.3, -0.25) is 0 Å². The van der Waals surface area contributed by atoms with Gasteiger partial charge in [0.2, 0.25) is 0 Å². The summed E-state index contributed by atoms with van der Waals surface area (Å²) in [6.45, 7) is 4.35. The van der Waals surface area contributed by atoms with Gasteiger partial charge < -0.3 is 9.47 Å². The van der Waals surface area contributed by atoms with Crippen molar-refractivity contribution >= 4 is 6.08 Å². The first-order valence-electron chi connectivity index (χ1n) is 7.14. The molecular weight excluding hydrogens is 260 g/mol. The van der Waals surface area contributed by atoms with E-state index in [9.17, 15) is 0 Å². The van der Waals surface area contributed by atoms with E-state index in [0.717, 1.165) is 22.6 Å². The lowest BCUT2D eigenvalue weighted by Crippen LogP contribution is -1.89. The third kappa shape index (κ3) is 4.12. The summed E-state index contributed by atoms with van der Waals surface area (Å²) in [5, 5.41) is 0. The van der Waals surface area contributed by atoms with Crippen LogP contribution in [0.4, 0.5) is 0 Å². The molecule has 0 N–H and O–H groups in total. The smallest absolute Gasteiger partial charge is 0.123 e. The summed E-state index contributed by atoms with van der Waals surface area (Å²) in [6.07, 6.45) is 4.35. The van der Waals surface area contributed by atoms with E-state index in [-0.39, 0.29) is 0 Å². The molecule has 0 aliphatic rings. The lowest BCUT2D eigenvalue weighted by Gasteiger charge is -2.09. The maximum absolute atomic E-state index is 5.32. The Morgan fingerprint density at radius 2 is 1.38 bits per heavy atom. The summed E-state index contributed by atoms with van der Waals surface area (Å²) in [4.78, 5) is 0. The molecule has 0 bridgehead atoms. The van der Waals surface area contributed by atoms with Gasteiger partial charge in [-0.2, -0.15) is 0 Å². The second-order valence-electron chi connectivity index (χ2n) is 5.33. The SMILES string of the molecule is COc1cc(OC)cc(-c2ccc(/C=C/C(C)C)cc2)c1. The van der Waals surface area contributed by atoms with Gasteiger partial charge in [0.1, 0.15) is 11.5 Å². The maximum Gasteiger partial charge on any atom is 0.123 e. The summed E-state index contributed by atoms with van der Waals surface area (Å²) in [5.41, 5.74) is 3.45. The number of hydrogen-bond donors (Lipinski definition) is 0. The van der Waals surface area contributed by atoms with Crippen LogP contribution in [0.2, 0.25) is 0 Å². The molecule has 21 heavy (non-hydrogen) atoms. The Hall–Kier alpha value is -2.22. The molecule has 0 saturated carbocycles. The van der Waals surface area contributed by atoms with E-state index in [0.29, 0.717) is 5.92 Å². The quantitative estimate of drug-likeness (QED) is 0.765. The van der Waals surface area contributed by atoms with Crippen molar-refractivity contribution in [2.75, 3.05) is 14.2 Å². The maximum atomic E-state index is 5.32. The number of benzene rings is 2. The lowest BCUT2D eigenvalue weighted by atomic mass is 10.0. The van der Waals surface area contributed by atoms with Crippen LogP contribution in [-0.4, -0.2) is 14.2 Å². The summed E-state index contributed by atoms with van der Waals surface area (Å²) in [5.74, 6) is 2.16. The van der Waals surface area contributed by atoms with Gasteiger partial charge in [0.05, 0.1) is 14.2 Å².